The number of anilines is 2. The summed E-state index contributed by atoms with van der Waals surface area (Å²) in [5.41, 5.74) is 1.37. The van der Waals surface area contributed by atoms with Gasteiger partial charge in [0.15, 0.2) is 0 Å². The van der Waals surface area contributed by atoms with Gasteiger partial charge in [-0.15, -0.1) is 11.8 Å². The predicted octanol–water partition coefficient (Wildman–Crippen LogP) is 3.40. The third-order valence-corrected chi connectivity index (χ3v) is 4.71. The second kappa shape index (κ2) is 9.72. The molecule has 0 fully saturated rings. The normalized spacial score (nSPS) is 11.3. The molecule has 0 unspecified atom stereocenters. The van der Waals surface area contributed by atoms with Gasteiger partial charge in [-0.05, 0) is 55.5 Å². The van der Waals surface area contributed by atoms with Gasteiger partial charge in [0, 0.05) is 11.4 Å². The molecule has 0 aliphatic rings. The van der Waals surface area contributed by atoms with Crippen LogP contribution in [-0.4, -0.2) is 37.0 Å². The van der Waals surface area contributed by atoms with E-state index in [1.807, 2.05) is 0 Å². The molecular weight excluding hydrogens is 352 g/mol. The lowest BCUT2D eigenvalue weighted by molar-refractivity contribution is -0.115. The highest BCUT2D eigenvalue weighted by atomic mass is 32.2. The van der Waals surface area contributed by atoms with Gasteiger partial charge in [-0.1, -0.05) is 0 Å². The quantitative estimate of drug-likeness (QED) is 0.741. The minimum Gasteiger partial charge on any atom is -0.497 e. The lowest BCUT2D eigenvalue weighted by atomic mass is 10.3. The predicted molar refractivity (Wildman–Crippen MR) is 105 cm³/mol. The van der Waals surface area contributed by atoms with Gasteiger partial charge in [0.05, 0.1) is 25.2 Å². The van der Waals surface area contributed by atoms with Gasteiger partial charge in [-0.3, -0.25) is 9.59 Å². The summed E-state index contributed by atoms with van der Waals surface area (Å²) in [5.74, 6) is 1.31. The van der Waals surface area contributed by atoms with Crippen LogP contribution in [0.1, 0.15) is 6.92 Å². The van der Waals surface area contributed by atoms with Crippen molar-refractivity contribution in [2.45, 2.75) is 12.2 Å². The van der Waals surface area contributed by atoms with E-state index in [-0.39, 0.29) is 22.8 Å². The van der Waals surface area contributed by atoms with Crippen molar-refractivity contribution in [1.82, 2.24) is 0 Å². The van der Waals surface area contributed by atoms with Crippen LogP contribution in [0, 0.1) is 0 Å². The molecular formula is C19H22N2O4S. The Balaban J connectivity index is 1.77. The number of amides is 2. The van der Waals surface area contributed by atoms with E-state index in [0.717, 1.165) is 11.5 Å². The molecule has 6 nitrogen and oxygen atoms in total. The second-order valence-corrected chi connectivity index (χ2v) is 6.78. The molecule has 0 saturated carbocycles. The van der Waals surface area contributed by atoms with Crippen LogP contribution in [0.15, 0.2) is 48.5 Å². The molecule has 1 atom stereocenters. The van der Waals surface area contributed by atoms with Crippen molar-refractivity contribution in [3.8, 4) is 11.5 Å². The first kappa shape index (κ1) is 19.7. The molecule has 0 radical (unpaired) electrons. The number of methoxy groups -OCH3 is 2. The Morgan fingerprint density at radius 2 is 1.35 bits per heavy atom. The zero-order chi connectivity index (χ0) is 18.9. The minimum atomic E-state index is -0.362. The zero-order valence-corrected chi connectivity index (χ0v) is 15.8. The molecule has 0 bridgehead atoms. The molecule has 26 heavy (non-hydrogen) atoms. The fraction of sp³-hybridized carbons (Fsp3) is 0.263. The van der Waals surface area contributed by atoms with E-state index in [1.54, 1.807) is 69.7 Å². The van der Waals surface area contributed by atoms with Crippen molar-refractivity contribution < 1.29 is 19.1 Å². The third kappa shape index (κ3) is 6.00. The molecule has 0 aliphatic heterocycles. The molecule has 138 valence electrons. The number of carbonyl (C=O) groups excluding carboxylic acids is 2. The number of ether oxygens (including phenoxy) is 2. The Bertz CT molecular complexity index is 732. The standard InChI is InChI=1S/C19H22N2O4S/c1-13(19(23)21-15-6-10-17(25-3)11-7-15)26-12-18(22)20-14-4-8-16(24-2)9-5-14/h4-11,13H,12H2,1-3H3,(H,20,22)(H,21,23)/t13-/m0/s1. The largest absolute Gasteiger partial charge is 0.497 e. The number of hydrogen-bond acceptors (Lipinski definition) is 5. The molecule has 0 aromatic heterocycles. The Kier molecular flexibility index (Phi) is 7.35. The maximum atomic E-state index is 12.2. The minimum absolute atomic E-state index is 0.155. The first-order valence-corrected chi connectivity index (χ1v) is 9.07. The number of carbonyl (C=O) groups is 2. The topological polar surface area (TPSA) is 76.7 Å². The monoisotopic (exact) mass is 374 g/mol. The number of nitrogens with one attached hydrogen (secondary N) is 2. The van der Waals surface area contributed by atoms with Gasteiger partial charge in [0.25, 0.3) is 0 Å². The summed E-state index contributed by atoms with van der Waals surface area (Å²) in [7, 11) is 3.17. The number of benzene rings is 2. The maximum Gasteiger partial charge on any atom is 0.237 e. The first-order valence-electron chi connectivity index (χ1n) is 8.02. The van der Waals surface area contributed by atoms with Crippen molar-refractivity contribution >= 4 is 35.0 Å². The van der Waals surface area contributed by atoms with Crippen molar-refractivity contribution in [1.29, 1.82) is 0 Å². The van der Waals surface area contributed by atoms with Crippen molar-refractivity contribution in [2.75, 3.05) is 30.6 Å². The SMILES string of the molecule is COc1ccc(NC(=O)CS[C@@H](C)C(=O)Nc2ccc(OC)cc2)cc1. The molecule has 2 amide bonds. The lowest BCUT2D eigenvalue weighted by Gasteiger charge is -2.12. The van der Waals surface area contributed by atoms with E-state index in [0.29, 0.717) is 11.4 Å². The van der Waals surface area contributed by atoms with E-state index < -0.39 is 0 Å². The summed E-state index contributed by atoms with van der Waals surface area (Å²) in [6.45, 7) is 1.77. The van der Waals surface area contributed by atoms with Crippen LogP contribution < -0.4 is 20.1 Å². The number of hydrogen-bond donors (Lipinski definition) is 2. The summed E-state index contributed by atoms with van der Waals surface area (Å²) in [6, 6.07) is 14.2. The summed E-state index contributed by atoms with van der Waals surface area (Å²) >= 11 is 1.27. The van der Waals surface area contributed by atoms with E-state index in [9.17, 15) is 9.59 Å². The van der Waals surface area contributed by atoms with E-state index >= 15 is 0 Å². The highest BCUT2D eigenvalue weighted by Crippen LogP contribution is 2.19. The number of rotatable bonds is 8. The molecule has 0 spiro atoms. The fourth-order valence-corrected chi connectivity index (χ4v) is 2.75. The average Bonchev–Trinajstić information content (AvgIpc) is 2.67. The Morgan fingerprint density at radius 1 is 0.885 bits per heavy atom. The van der Waals surface area contributed by atoms with Crippen molar-refractivity contribution in [3.05, 3.63) is 48.5 Å². The Hall–Kier alpha value is -2.67. The highest BCUT2D eigenvalue weighted by Gasteiger charge is 2.15. The maximum absolute atomic E-state index is 12.2. The molecule has 2 N–H and O–H groups in total. The molecule has 0 heterocycles. The molecule has 2 aromatic rings. The van der Waals surface area contributed by atoms with Gasteiger partial charge in [-0.2, -0.15) is 0 Å². The van der Waals surface area contributed by atoms with E-state index in [1.165, 1.54) is 11.8 Å². The molecule has 2 aromatic carbocycles. The van der Waals surface area contributed by atoms with Crippen LogP contribution in [-0.2, 0) is 9.59 Å². The van der Waals surface area contributed by atoms with Gasteiger partial charge >= 0.3 is 0 Å². The smallest absolute Gasteiger partial charge is 0.237 e. The van der Waals surface area contributed by atoms with Crippen LogP contribution in [0.2, 0.25) is 0 Å². The van der Waals surface area contributed by atoms with Crippen LogP contribution >= 0.6 is 11.8 Å². The molecule has 7 heteroatoms. The summed E-state index contributed by atoms with van der Waals surface area (Å²) in [4.78, 5) is 24.2. The molecule has 0 saturated heterocycles. The van der Waals surface area contributed by atoms with Gasteiger partial charge in [-0.25, -0.2) is 0 Å². The summed E-state index contributed by atoms with van der Waals surface area (Å²) in [6.07, 6.45) is 0. The molecule has 2 rings (SSSR count). The van der Waals surface area contributed by atoms with E-state index in [4.69, 9.17) is 9.47 Å². The zero-order valence-electron chi connectivity index (χ0n) is 14.9. The van der Waals surface area contributed by atoms with Crippen LogP contribution in [0.4, 0.5) is 11.4 Å². The van der Waals surface area contributed by atoms with Crippen molar-refractivity contribution in [3.63, 3.8) is 0 Å². The first-order chi connectivity index (χ1) is 12.5. The average molecular weight is 374 g/mol. The molecule has 0 aliphatic carbocycles. The van der Waals surface area contributed by atoms with Crippen LogP contribution in [0.3, 0.4) is 0 Å². The lowest BCUT2D eigenvalue weighted by Crippen LogP contribution is -2.25. The van der Waals surface area contributed by atoms with Crippen molar-refractivity contribution in [2.24, 2.45) is 0 Å². The third-order valence-electron chi connectivity index (χ3n) is 3.56. The van der Waals surface area contributed by atoms with Crippen LogP contribution in [0.25, 0.3) is 0 Å². The fourth-order valence-electron chi connectivity index (χ4n) is 2.07. The van der Waals surface area contributed by atoms with Crippen LogP contribution in [0.5, 0.6) is 11.5 Å². The number of thioether (sulfide) groups is 1. The van der Waals surface area contributed by atoms with Gasteiger partial charge < -0.3 is 20.1 Å². The van der Waals surface area contributed by atoms with E-state index in [2.05, 4.69) is 10.6 Å². The Morgan fingerprint density at radius 3 is 1.81 bits per heavy atom. The second-order valence-electron chi connectivity index (χ2n) is 5.45. The van der Waals surface area contributed by atoms with Gasteiger partial charge in [0.2, 0.25) is 11.8 Å². The summed E-state index contributed by atoms with van der Waals surface area (Å²) in [5, 5.41) is 5.24. The highest BCUT2D eigenvalue weighted by molar-refractivity contribution is 8.01. The van der Waals surface area contributed by atoms with Gasteiger partial charge in [0.1, 0.15) is 11.5 Å². The summed E-state index contributed by atoms with van der Waals surface area (Å²) < 4.78 is 10.2. The Labute approximate surface area is 157 Å².